The number of fused-ring (bicyclic) bond motifs is 2. The zero-order valence-electron chi connectivity index (χ0n) is 15.1. The number of aromatic nitrogens is 2. The summed E-state index contributed by atoms with van der Waals surface area (Å²) < 4.78 is 27.3. The van der Waals surface area contributed by atoms with Gasteiger partial charge in [-0.25, -0.2) is 13.4 Å². The van der Waals surface area contributed by atoms with E-state index in [-0.39, 0.29) is 11.9 Å². The van der Waals surface area contributed by atoms with Gasteiger partial charge in [-0.2, -0.15) is 0 Å². The topological polar surface area (TPSA) is 83.8 Å². The van der Waals surface area contributed by atoms with Gasteiger partial charge in [-0.15, -0.1) is 0 Å². The van der Waals surface area contributed by atoms with Crippen LogP contribution in [0.5, 0.6) is 0 Å². The molecule has 0 fully saturated rings. The lowest BCUT2D eigenvalue weighted by Crippen LogP contribution is -2.34. The van der Waals surface area contributed by atoms with Gasteiger partial charge in [-0.1, -0.05) is 6.07 Å². The monoisotopic (exact) mass is 384 g/mol. The number of nitrogens with zero attached hydrogens (tertiary/aromatic N) is 3. The third-order valence-electron chi connectivity index (χ3n) is 4.70. The van der Waals surface area contributed by atoms with Crippen LogP contribution >= 0.6 is 0 Å². The Bertz CT molecular complexity index is 1100. The Morgan fingerprint density at radius 2 is 2.11 bits per heavy atom. The first-order valence-electron chi connectivity index (χ1n) is 8.66. The predicted octanol–water partition coefficient (Wildman–Crippen LogP) is 1.97. The van der Waals surface area contributed by atoms with Crippen LogP contribution in [0.15, 0.2) is 48.8 Å². The van der Waals surface area contributed by atoms with E-state index < -0.39 is 10.0 Å². The Morgan fingerprint density at radius 1 is 1.30 bits per heavy atom. The fraction of sp³-hybridized carbons (Fsp3) is 0.263. The highest BCUT2D eigenvalue weighted by Gasteiger charge is 2.32. The van der Waals surface area contributed by atoms with Gasteiger partial charge in [0.1, 0.15) is 5.65 Å². The number of anilines is 1. The molecule has 0 radical (unpaired) electrons. The van der Waals surface area contributed by atoms with Gasteiger partial charge in [0, 0.05) is 24.0 Å². The summed E-state index contributed by atoms with van der Waals surface area (Å²) >= 11 is 0. The Morgan fingerprint density at radius 3 is 2.85 bits per heavy atom. The van der Waals surface area contributed by atoms with E-state index >= 15 is 0 Å². The molecule has 0 saturated carbocycles. The van der Waals surface area contributed by atoms with Crippen LogP contribution in [-0.2, 0) is 23.0 Å². The summed E-state index contributed by atoms with van der Waals surface area (Å²) in [6, 6.07) is 10.7. The highest BCUT2D eigenvalue weighted by atomic mass is 32.2. The van der Waals surface area contributed by atoms with E-state index in [2.05, 4.69) is 10.3 Å². The summed E-state index contributed by atoms with van der Waals surface area (Å²) in [6.45, 7) is 2.19. The zero-order valence-corrected chi connectivity index (χ0v) is 15.9. The molecule has 0 aliphatic carbocycles. The Hall–Kier alpha value is -2.87. The van der Waals surface area contributed by atoms with E-state index in [9.17, 15) is 13.2 Å². The van der Waals surface area contributed by atoms with Crippen molar-refractivity contribution in [3.05, 3.63) is 65.6 Å². The Kier molecular flexibility index (Phi) is 4.15. The van der Waals surface area contributed by atoms with Gasteiger partial charge in [-0.05, 0) is 49.2 Å². The second kappa shape index (κ2) is 6.38. The minimum Gasteiger partial charge on any atom is -0.346 e. The lowest BCUT2D eigenvalue weighted by molar-refractivity contribution is 0.0950. The lowest BCUT2D eigenvalue weighted by atomic mass is 10.1. The molecule has 3 heterocycles. The maximum Gasteiger partial charge on any atom is 0.251 e. The van der Waals surface area contributed by atoms with Crippen molar-refractivity contribution in [2.75, 3.05) is 10.6 Å². The maximum absolute atomic E-state index is 12.5. The van der Waals surface area contributed by atoms with Gasteiger partial charge in [0.05, 0.1) is 24.2 Å². The molecule has 1 aliphatic rings. The number of pyridine rings is 1. The minimum absolute atomic E-state index is 0.147. The van der Waals surface area contributed by atoms with Crippen molar-refractivity contribution in [2.45, 2.75) is 25.9 Å². The second-order valence-electron chi connectivity index (χ2n) is 6.84. The first kappa shape index (κ1) is 17.5. The molecule has 7 nitrogen and oxygen atoms in total. The van der Waals surface area contributed by atoms with E-state index in [1.54, 1.807) is 18.2 Å². The first-order chi connectivity index (χ1) is 12.8. The summed E-state index contributed by atoms with van der Waals surface area (Å²) in [5.41, 5.74) is 3.64. The van der Waals surface area contributed by atoms with Crippen LogP contribution < -0.4 is 9.62 Å². The standard InChI is InChI=1S/C19H20N4O3S/c1-13-9-15-10-14(6-7-17(15)23(13)27(2,25)26)19(24)20-11-16-12-22-8-4-3-5-18(22)21-16/h3-8,10,12-13H,9,11H2,1-2H3,(H,20,24)/t13-/m1/s1. The summed E-state index contributed by atoms with van der Waals surface area (Å²) in [5, 5.41) is 2.87. The normalized spacial score (nSPS) is 16.5. The van der Waals surface area contributed by atoms with Crippen molar-refractivity contribution in [3.63, 3.8) is 0 Å². The Labute approximate surface area is 157 Å². The summed E-state index contributed by atoms with van der Waals surface area (Å²) in [6.07, 6.45) is 5.58. The highest BCUT2D eigenvalue weighted by Crippen LogP contribution is 2.34. The number of amides is 1. The van der Waals surface area contributed by atoms with Crippen molar-refractivity contribution < 1.29 is 13.2 Å². The van der Waals surface area contributed by atoms with Gasteiger partial charge in [-0.3, -0.25) is 9.10 Å². The molecule has 140 valence electrons. The third-order valence-corrected chi connectivity index (χ3v) is 5.97. The number of imidazole rings is 1. The molecule has 0 saturated heterocycles. The van der Waals surface area contributed by atoms with Gasteiger partial charge in [0.2, 0.25) is 10.0 Å². The fourth-order valence-electron chi connectivity index (χ4n) is 3.59. The molecule has 8 heteroatoms. The SMILES string of the molecule is C[C@@H]1Cc2cc(C(=O)NCc3cn4ccccc4n3)ccc2N1S(C)(=O)=O. The molecular weight excluding hydrogens is 364 g/mol. The summed E-state index contributed by atoms with van der Waals surface area (Å²) in [4.78, 5) is 17.0. The van der Waals surface area contributed by atoms with Gasteiger partial charge in [0.15, 0.2) is 0 Å². The molecule has 2 aromatic heterocycles. The molecule has 0 unspecified atom stereocenters. The number of nitrogens with one attached hydrogen (secondary N) is 1. The van der Waals surface area contributed by atoms with Crippen molar-refractivity contribution in [1.29, 1.82) is 0 Å². The minimum atomic E-state index is -3.34. The van der Waals surface area contributed by atoms with Crippen molar-refractivity contribution in [3.8, 4) is 0 Å². The van der Waals surface area contributed by atoms with E-state index in [1.165, 1.54) is 10.6 Å². The molecule has 1 atom stereocenters. The molecule has 3 aromatic rings. The highest BCUT2D eigenvalue weighted by molar-refractivity contribution is 7.92. The van der Waals surface area contributed by atoms with Gasteiger partial charge < -0.3 is 9.72 Å². The molecular formula is C19H20N4O3S. The molecule has 4 rings (SSSR count). The summed E-state index contributed by atoms with van der Waals surface area (Å²) in [5.74, 6) is -0.208. The maximum atomic E-state index is 12.5. The van der Waals surface area contributed by atoms with Crippen molar-refractivity contribution in [1.82, 2.24) is 14.7 Å². The molecule has 1 amide bonds. The van der Waals surface area contributed by atoms with E-state index in [0.717, 1.165) is 16.9 Å². The van der Waals surface area contributed by atoms with Gasteiger partial charge in [0.25, 0.3) is 5.91 Å². The van der Waals surface area contributed by atoms with E-state index in [4.69, 9.17) is 0 Å². The number of sulfonamides is 1. The average molecular weight is 384 g/mol. The molecule has 1 N–H and O–H groups in total. The molecule has 27 heavy (non-hydrogen) atoms. The lowest BCUT2D eigenvalue weighted by Gasteiger charge is -2.21. The van der Waals surface area contributed by atoms with Crippen LogP contribution in [0.4, 0.5) is 5.69 Å². The van der Waals surface area contributed by atoms with Crippen molar-refractivity contribution in [2.24, 2.45) is 0 Å². The van der Waals surface area contributed by atoms with Crippen LogP contribution in [0.3, 0.4) is 0 Å². The van der Waals surface area contributed by atoms with E-state index in [0.29, 0.717) is 24.2 Å². The zero-order chi connectivity index (χ0) is 19.2. The molecule has 1 aromatic carbocycles. The number of hydrogen-bond acceptors (Lipinski definition) is 4. The first-order valence-corrected chi connectivity index (χ1v) is 10.5. The van der Waals surface area contributed by atoms with Crippen molar-refractivity contribution >= 4 is 27.3 Å². The number of rotatable bonds is 4. The van der Waals surface area contributed by atoms with Gasteiger partial charge >= 0.3 is 0 Å². The number of benzene rings is 1. The quantitative estimate of drug-likeness (QED) is 0.745. The van der Waals surface area contributed by atoms with Crippen LogP contribution in [0.1, 0.15) is 28.5 Å². The fourth-order valence-corrected chi connectivity index (χ4v) is 4.86. The third kappa shape index (κ3) is 3.28. The molecule has 1 aliphatic heterocycles. The molecule has 0 spiro atoms. The largest absolute Gasteiger partial charge is 0.346 e. The average Bonchev–Trinajstić information content (AvgIpc) is 3.17. The van der Waals surface area contributed by atoms with Crippen LogP contribution in [0.25, 0.3) is 5.65 Å². The number of carbonyl (C=O) groups excluding carboxylic acids is 1. The summed E-state index contributed by atoms with van der Waals surface area (Å²) in [7, 11) is -3.34. The Balaban J connectivity index is 1.51. The predicted molar refractivity (Wildman–Crippen MR) is 103 cm³/mol. The number of hydrogen-bond donors (Lipinski definition) is 1. The van der Waals surface area contributed by atoms with E-state index in [1.807, 2.05) is 41.9 Å². The van der Waals surface area contributed by atoms with Crippen LogP contribution in [0.2, 0.25) is 0 Å². The van der Waals surface area contributed by atoms with Crippen LogP contribution in [-0.4, -0.2) is 36.0 Å². The van der Waals surface area contributed by atoms with Crippen LogP contribution in [0, 0.1) is 0 Å². The smallest absolute Gasteiger partial charge is 0.251 e. The second-order valence-corrected chi connectivity index (χ2v) is 8.70. The number of carbonyl (C=O) groups is 1. The molecule has 0 bridgehead atoms.